The van der Waals surface area contributed by atoms with Crippen molar-refractivity contribution >= 4 is 0 Å². The van der Waals surface area contributed by atoms with E-state index in [1.165, 1.54) is 12.1 Å². The second-order valence-electron chi connectivity index (χ2n) is 5.05. The van der Waals surface area contributed by atoms with Crippen molar-refractivity contribution in [2.75, 3.05) is 13.1 Å². The number of aryl methyl sites for hydroxylation is 1. The summed E-state index contributed by atoms with van der Waals surface area (Å²) >= 11 is 0. The molecule has 1 rings (SSSR count). The maximum absolute atomic E-state index is 12.6. The summed E-state index contributed by atoms with van der Waals surface area (Å²) in [4.78, 5) is 0. The van der Waals surface area contributed by atoms with E-state index < -0.39 is 11.7 Å². The minimum Gasteiger partial charge on any atom is -0.316 e. The molecular formula is C15H22F3N. The minimum atomic E-state index is -4.25. The first-order valence-electron chi connectivity index (χ1n) is 6.80. The predicted octanol–water partition coefficient (Wildman–Crippen LogP) is 4.27. The zero-order chi connectivity index (χ0) is 14.3. The highest BCUT2D eigenvalue weighted by Gasteiger charge is 2.30. The predicted molar refractivity (Wildman–Crippen MR) is 72.1 cm³/mol. The first-order chi connectivity index (χ1) is 8.93. The topological polar surface area (TPSA) is 12.0 Å². The highest BCUT2D eigenvalue weighted by atomic mass is 19.4. The lowest BCUT2D eigenvalue weighted by molar-refractivity contribution is -0.137. The lowest BCUT2D eigenvalue weighted by atomic mass is 9.99. The van der Waals surface area contributed by atoms with E-state index in [1.807, 2.05) is 0 Å². The molecule has 1 nitrogen and oxygen atoms in total. The molecule has 1 aromatic carbocycles. The standard InChI is InChI=1S/C15H22F3N/c1-3-9-19-11-12(2)7-8-13-5-4-6-14(10-13)15(16,17)18/h4-6,10,12,19H,3,7-9,11H2,1-2H3. The Morgan fingerprint density at radius 2 is 2.00 bits per heavy atom. The van der Waals surface area contributed by atoms with Crippen LogP contribution in [0.25, 0.3) is 0 Å². The molecule has 0 aliphatic heterocycles. The molecule has 0 aliphatic rings. The molecule has 0 saturated carbocycles. The van der Waals surface area contributed by atoms with Crippen LogP contribution in [0.2, 0.25) is 0 Å². The third-order valence-electron chi connectivity index (χ3n) is 3.10. The van der Waals surface area contributed by atoms with Gasteiger partial charge in [0.2, 0.25) is 0 Å². The Kier molecular flexibility index (Phi) is 6.35. The van der Waals surface area contributed by atoms with Crippen LogP contribution in [-0.2, 0) is 12.6 Å². The number of nitrogens with one attached hydrogen (secondary N) is 1. The molecule has 0 aliphatic carbocycles. The first-order valence-corrected chi connectivity index (χ1v) is 6.80. The van der Waals surface area contributed by atoms with Gasteiger partial charge in [0.25, 0.3) is 0 Å². The number of hydrogen-bond donors (Lipinski definition) is 1. The van der Waals surface area contributed by atoms with Crippen molar-refractivity contribution in [3.05, 3.63) is 35.4 Å². The van der Waals surface area contributed by atoms with Gasteiger partial charge in [-0.15, -0.1) is 0 Å². The van der Waals surface area contributed by atoms with Gasteiger partial charge in [0.1, 0.15) is 0 Å². The van der Waals surface area contributed by atoms with Crippen molar-refractivity contribution < 1.29 is 13.2 Å². The Morgan fingerprint density at radius 1 is 1.26 bits per heavy atom. The molecule has 1 aromatic rings. The molecule has 0 bridgehead atoms. The van der Waals surface area contributed by atoms with E-state index in [2.05, 4.69) is 19.2 Å². The molecule has 1 N–H and O–H groups in total. The highest BCUT2D eigenvalue weighted by molar-refractivity contribution is 5.25. The molecule has 0 radical (unpaired) electrons. The van der Waals surface area contributed by atoms with Gasteiger partial charge in [-0.1, -0.05) is 32.0 Å². The molecule has 108 valence electrons. The van der Waals surface area contributed by atoms with E-state index in [9.17, 15) is 13.2 Å². The lowest BCUT2D eigenvalue weighted by Crippen LogP contribution is -2.22. The molecular weight excluding hydrogens is 251 g/mol. The number of halogens is 3. The Hall–Kier alpha value is -1.03. The fourth-order valence-corrected chi connectivity index (χ4v) is 1.94. The summed E-state index contributed by atoms with van der Waals surface area (Å²) in [6.45, 7) is 6.15. The summed E-state index contributed by atoms with van der Waals surface area (Å²) in [6.07, 6.45) is -1.55. The summed E-state index contributed by atoms with van der Waals surface area (Å²) in [5.41, 5.74) is 0.207. The van der Waals surface area contributed by atoms with E-state index in [1.54, 1.807) is 6.07 Å². The van der Waals surface area contributed by atoms with E-state index >= 15 is 0 Å². The van der Waals surface area contributed by atoms with Crippen molar-refractivity contribution in [2.45, 2.75) is 39.3 Å². The van der Waals surface area contributed by atoms with Crippen molar-refractivity contribution in [3.63, 3.8) is 0 Å². The highest BCUT2D eigenvalue weighted by Crippen LogP contribution is 2.29. The summed E-state index contributed by atoms with van der Waals surface area (Å²) in [5, 5.41) is 3.33. The van der Waals surface area contributed by atoms with E-state index in [4.69, 9.17) is 0 Å². The molecule has 0 heterocycles. The van der Waals surface area contributed by atoms with Crippen LogP contribution >= 0.6 is 0 Å². The van der Waals surface area contributed by atoms with Crippen molar-refractivity contribution in [2.24, 2.45) is 5.92 Å². The Morgan fingerprint density at radius 3 is 2.63 bits per heavy atom. The number of hydrogen-bond acceptors (Lipinski definition) is 1. The molecule has 0 spiro atoms. The van der Waals surface area contributed by atoms with Gasteiger partial charge in [-0.25, -0.2) is 0 Å². The van der Waals surface area contributed by atoms with Gasteiger partial charge in [-0.05, 0) is 49.9 Å². The zero-order valence-corrected chi connectivity index (χ0v) is 11.6. The summed E-state index contributed by atoms with van der Waals surface area (Å²) in [7, 11) is 0. The Balaban J connectivity index is 2.45. The van der Waals surface area contributed by atoms with Crippen LogP contribution < -0.4 is 5.32 Å². The fourth-order valence-electron chi connectivity index (χ4n) is 1.94. The maximum Gasteiger partial charge on any atom is 0.416 e. The quantitative estimate of drug-likeness (QED) is 0.731. The van der Waals surface area contributed by atoms with Gasteiger partial charge in [-0.2, -0.15) is 13.2 Å². The van der Waals surface area contributed by atoms with Gasteiger partial charge < -0.3 is 5.32 Å². The third-order valence-corrected chi connectivity index (χ3v) is 3.10. The number of alkyl halides is 3. The van der Waals surface area contributed by atoms with Crippen molar-refractivity contribution in [1.82, 2.24) is 5.32 Å². The van der Waals surface area contributed by atoms with Crippen LogP contribution in [0.15, 0.2) is 24.3 Å². The van der Waals surface area contributed by atoms with Crippen molar-refractivity contribution in [3.8, 4) is 0 Å². The maximum atomic E-state index is 12.6. The average Bonchev–Trinajstić information content (AvgIpc) is 2.36. The zero-order valence-electron chi connectivity index (χ0n) is 11.6. The molecule has 0 fully saturated rings. The second kappa shape index (κ2) is 7.53. The average molecular weight is 273 g/mol. The van der Waals surface area contributed by atoms with Gasteiger partial charge >= 0.3 is 6.18 Å². The summed E-state index contributed by atoms with van der Waals surface area (Å²) in [5.74, 6) is 0.473. The van der Waals surface area contributed by atoms with Crippen LogP contribution in [0.4, 0.5) is 13.2 Å². The van der Waals surface area contributed by atoms with Crippen LogP contribution in [0.3, 0.4) is 0 Å². The molecule has 0 aromatic heterocycles. The molecule has 1 atom stereocenters. The SMILES string of the molecule is CCCNCC(C)CCc1cccc(C(F)(F)F)c1. The summed E-state index contributed by atoms with van der Waals surface area (Å²) in [6, 6.07) is 5.63. The number of benzene rings is 1. The molecule has 0 saturated heterocycles. The number of rotatable bonds is 7. The molecule has 0 amide bonds. The lowest BCUT2D eigenvalue weighted by Gasteiger charge is -2.13. The normalized spacial score (nSPS) is 13.5. The van der Waals surface area contributed by atoms with E-state index in [0.717, 1.165) is 37.6 Å². The van der Waals surface area contributed by atoms with Crippen LogP contribution in [0, 0.1) is 5.92 Å². The minimum absolute atomic E-state index is 0.473. The molecule has 1 unspecified atom stereocenters. The van der Waals surface area contributed by atoms with Gasteiger partial charge in [0.15, 0.2) is 0 Å². The van der Waals surface area contributed by atoms with Crippen molar-refractivity contribution in [1.29, 1.82) is 0 Å². The largest absolute Gasteiger partial charge is 0.416 e. The Bertz CT molecular complexity index is 374. The summed E-state index contributed by atoms with van der Waals surface area (Å²) < 4.78 is 37.7. The second-order valence-corrected chi connectivity index (χ2v) is 5.05. The third kappa shape index (κ3) is 6.10. The first kappa shape index (κ1) is 16.0. The van der Waals surface area contributed by atoms with E-state index in [-0.39, 0.29) is 0 Å². The van der Waals surface area contributed by atoms with Crippen LogP contribution in [-0.4, -0.2) is 13.1 Å². The van der Waals surface area contributed by atoms with Crippen LogP contribution in [0.1, 0.15) is 37.8 Å². The van der Waals surface area contributed by atoms with Gasteiger partial charge in [-0.3, -0.25) is 0 Å². The fraction of sp³-hybridized carbons (Fsp3) is 0.600. The molecule has 4 heteroatoms. The van der Waals surface area contributed by atoms with E-state index in [0.29, 0.717) is 12.3 Å². The smallest absolute Gasteiger partial charge is 0.316 e. The Labute approximate surface area is 113 Å². The molecule has 19 heavy (non-hydrogen) atoms. The van der Waals surface area contributed by atoms with Crippen LogP contribution in [0.5, 0.6) is 0 Å². The monoisotopic (exact) mass is 273 g/mol. The van der Waals surface area contributed by atoms with Gasteiger partial charge in [0, 0.05) is 0 Å². The van der Waals surface area contributed by atoms with Gasteiger partial charge in [0.05, 0.1) is 5.56 Å².